The molecule has 8 atom stereocenters. The number of nitrogens with zero attached hydrogens (tertiary/aromatic N) is 1. The van der Waals surface area contributed by atoms with E-state index < -0.39 is 12.6 Å². The molecule has 0 aromatic carbocycles. The summed E-state index contributed by atoms with van der Waals surface area (Å²) in [6.07, 6.45) is 17.7. The van der Waals surface area contributed by atoms with Gasteiger partial charge in [0.1, 0.15) is 18.7 Å². The molecule has 0 aromatic heterocycles. The Morgan fingerprint density at radius 2 is 1.59 bits per heavy atom. The summed E-state index contributed by atoms with van der Waals surface area (Å²) in [7, 11) is 0. The van der Waals surface area contributed by atoms with Gasteiger partial charge in [-0.25, -0.2) is 4.79 Å². The van der Waals surface area contributed by atoms with Crippen molar-refractivity contribution >= 4 is 6.09 Å². The second-order valence-electron chi connectivity index (χ2n) is 16.5. The highest BCUT2D eigenvalue weighted by Crippen LogP contribution is 2.67. The minimum absolute atomic E-state index is 0.0465. The lowest BCUT2D eigenvalue weighted by molar-refractivity contribution is -0.0593. The quantitative estimate of drug-likeness (QED) is 0.0679. The summed E-state index contributed by atoms with van der Waals surface area (Å²) in [5, 5.41) is 6.07. The number of nitrogens with two attached hydrogens (primary N) is 4. The number of ether oxygens (including phenoxy) is 1. The zero-order chi connectivity index (χ0) is 33.5. The van der Waals surface area contributed by atoms with Crippen molar-refractivity contribution < 1.29 is 9.53 Å². The number of hydrogen-bond acceptors (Lipinski definition) is 8. The van der Waals surface area contributed by atoms with E-state index in [1.54, 1.807) is 5.57 Å². The Kier molecular flexibility index (Phi) is 13.8. The fraction of sp³-hybridized carbons (Fsp3) is 0.919. The molecule has 10 N–H and O–H groups in total. The highest BCUT2D eigenvalue weighted by molar-refractivity contribution is 5.67. The van der Waals surface area contributed by atoms with Gasteiger partial charge in [0.25, 0.3) is 0 Å². The molecular weight excluding hydrogens is 574 g/mol. The Morgan fingerprint density at radius 3 is 2.28 bits per heavy atom. The van der Waals surface area contributed by atoms with Crippen molar-refractivity contribution in [2.24, 2.45) is 69.3 Å². The van der Waals surface area contributed by atoms with Crippen molar-refractivity contribution in [3.63, 3.8) is 0 Å². The first-order chi connectivity index (χ1) is 21.8. The van der Waals surface area contributed by atoms with Crippen LogP contribution in [0.1, 0.15) is 125 Å². The third-order valence-electron chi connectivity index (χ3n) is 13.0. The van der Waals surface area contributed by atoms with E-state index in [0.717, 1.165) is 80.6 Å². The molecule has 0 heterocycles. The Balaban J connectivity index is 1.34. The third kappa shape index (κ3) is 9.26. The molecule has 0 spiro atoms. The number of unbranched alkanes of at least 4 members (excludes halogenated alkanes) is 1. The first kappa shape index (κ1) is 37.6. The van der Waals surface area contributed by atoms with Gasteiger partial charge in [-0.05, 0) is 124 Å². The summed E-state index contributed by atoms with van der Waals surface area (Å²) in [5.41, 5.74) is 24.8. The fourth-order valence-electron chi connectivity index (χ4n) is 10.5. The number of rotatable bonds is 17. The Labute approximate surface area is 281 Å². The SMILES string of the molecule is CC(C)CCCC(C)C1CCC2C3CC=C4CC(OC(=O)N(CCCCNC(N)N)CCCNC(N)N)CCC4(C)C3CCC12C. The van der Waals surface area contributed by atoms with E-state index in [1.807, 2.05) is 4.90 Å². The molecule has 9 nitrogen and oxygen atoms in total. The zero-order valence-electron chi connectivity index (χ0n) is 30.1. The molecule has 3 fully saturated rings. The maximum Gasteiger partial charge on any atom is 0.410 e. The number of hydrogen-bond donors (Lipinski definition) is 6. The van der Waals surface area contributed by atoms with Crippen molar-refractivity contribution in [3.05, 3.63) is 11.6 Å². The molecule has 4 aliphatic carbocycles. The molecule has 266 valence electrons. The van der Waals surface area contributed by atoms with E-state index in [-0.39, 0.29) is 17.6 Å². The molecule has 0 aliphatic heterocycles. The number of carbonyl (C=O) groups excluding carboxylic acids is 1. The van der Waals surface area contributed by atoms with Gasteiger partial charge in [0.05, 0.1) is 0 Å². The number of allylic oxidation sites excluding steroid dienone is 1. The number of nitrogens with one attached hydrogen (secondary N) is 2. The molecule has 0 aromatic rings. The van der Waals surface area contributed by atoms with Gasteiger partial charge in [0.2, 0.25) is 0 Å². The van der Waals surface area contributed by atoms with E-state index in [4.69, 9.17) is 27.7 Å². The minimum Gasteiger partial charge on any atom is -0.446 e. The second kappa shape index (κ2) is 16.9. The average Bonchev–Trinajstić information content (AvgIpc) is 3.35. The predicted molar refractivity (Wildman–Crippen MR) is 189 cm³/mol. The minimum atomic E-state index is -0.553. The summed E-state index contributed by atoms with van der Waals surface area (Å²) < 4.78 is 6.25. The predicted octanol–water partition coefficient (Wildman–Crippen LogP) is 5.59. The molecular formula is C37H71N7O2. The van der Waals surface area contributed by atoms with Crippen LogP contribution in [0.5, 0.6) is 0 Å². The number of amides is 1. The highest BCUT2D eigenvalue weighted by Gasteiger charge is 2.59. The summed E-state index contributed by atoms with van der Waals surface area (Å²) in [6.45, 7) is 15.1. The van der Waals surface area contributed by atoms with Crippen LogP contribution in [0.15, 0.2) is 11.6 Å². The Morgan fingerprint density at radius 1 is 0.891 bits per heavy atom. The van der Waals surface area contributed by atoms with Crippen LogP contribution in [0.3, 0.4) is 0 Å². The summed E-state index contributed by atoms with van der Waals surface area (Å²) in [5.74, 6) is 4.99. The van der Waals surface area contributed by atoms with Crippen molar-refractivity contribution in [2.75, 3.05) is 26.2 Å². The maximum absolute atomic E-state index is 13.5. The molecule has 0 radical (unpaired) electrons. The Bertz CT molecular complexity index is 989. The van der Waals surface area contributed by atoms with Gasteiger partial charge in [-0.1, -0.05) is 65.5 Å². The lowest BCUT2D eigenvalue weighted by atomic mass is 9.47. The topological polar surface area (TPSA) is 158 Å². The van der Waals surface area contributed by atoms with Crippen LogP contribution in [0.2, 0.25) is 0 Å². The first-order valence-corrected chi connectivity index (χ1v) is 19.0. The van der Waals surface area contributed by atoms with E-state index in [1.165, 1.54) is 51.4 Å². The first-order valence-electron chi connectivity index (χ1n) is 19.0. The monoisotopic (exact) mass is 646 g/mol. The number of carbonyl (C=O) groups is 1. The van der Waals surface area contributed by atoms with Crippen molar-refractivity contribution in [1.29, 1.82) is 0 Å². The summed E-state index contributed by atoms with van der Waals surface area (Å²) in [4.78, 5) is 15.3. The smallest absolute Gasteiger partial charge is 0.410 e. The van der Waals surface area contributed by atoms with Gasteiger partial charge < -0.3 is 32.6 Å². The van der Waals surface area contributed by atoms with Crippen LogP contribution in [-0.4, -0.2) is 55.9 Å². The van der Waals surface area contributed by atoms with E-state index in [2.05, 4.69) is 51.3 Å². The van der Waals surface area contributed by atoms with Crippen LogP contribution in [0, 0.1) is 46.3 Å². The van der Waals surface area contributed by atoms with Gasteiger partial charge in [0, 0.05) is 19.5 Å². The van der Waals surface area contributed by atoms with Crippen molar-refractivity contribution in [2.45, 2.75) is 143 Å². The largest absolute Gasteiger partial charge is 0.446 e. The Hall–Kier alpha value is -1.23. The van der Waals surface area contributed by atoms with Crippen LogP contribution >= 0.6 is 0 Å². The standard InChI is InChI=1S/C37H71N7O2/c1-25(2)10-8-11-26(3)30-14-15-31-29-13-12-27-24-28(16-18-36(27,4)32(29)17-19-37(30,31)5)46-35(45)44(23-9-21-43-34(40)41)22-7-6-20-42-33(38)39/h12,25-26,28-34,42-43H,6-11,13-24,38-41H2,1-5H3. The molecule has 3 saturated carbocycles. The van der Waals surface area contributed by atoms with E-state index in [0.29, 0.717) is 25.0 Å². The highest BCUT2D eigenvalue weighted by atomic mass is 16.6. The second-order valence-corrected chi connectivity index (χ2v) is 16.5. The molecule has 0 saturated heterocycles. The molecule has 4 aliphatic rings. The van der Waals surface area contributed by atoms with Gasteiger partial charge in [0.15, 0.2) is 0 Å². The van der Waals surface area contributed by atoms with Crippen LogP contribution in [0.4, 0.5) is 4.79 Å². The van der Waals surface area contributed by atoms with Gasteiger partial charge in [-0.15, -0.1) is 0 Å². The van der Waals surface area contributed by atoms with Crippen molar-refractivity contribution in [3.8, 4) is 0 Å². The zero-order valence-corrected chi connectivity index (χ0v) is 30.1. The van der Waals surface area contributed by atoms with Crippen LogP contribution in [0.25, 0.3) is 0 Å². The van der Waals surface area contributed by atoms with Gasteiger partial charge >= 0.3 is 6.09 Å². The van der Waals surface area contributed by atoms with Gasteiger partial charge in [-0.2, -0.15) is 0 Å². The normalized spacial score (nSPS) is 33.0. The maximum atomic E-state index is 13.5. The molecule has 0 bridgehead atoms. The third-order valence-corrected chi connectivity index (χ3v) is 13.0. The number of fused-ring (bicyclic) bond motifs is 5. The molecule has 1 amide bonds. The van der Waals surface area contributed by atoms with Crippen LogP contribution in [-0.2, 0) is 4.74 Å². The molecule has 8 unspecified atom stereocenters. The summed E-state index contributed by atoms with van der Waals surface area (Å²) in [6, 6.07) is 0. The van der Waals surface area contributed by atoms with E-state index >= 15 is 0 Å². The lowest BCUT2D eigenvalue weighted by Gasteiger charge is -2.58. The lowest BCUT2D eigenvalue weighted by Crippen LogP contribution is -2.51. The molecule has 9 heteroatoms. The molecule has 4 rings (SSSR count). The average molecular weight is 646 g/mol. The molecule has 46 heavy (non-hydrogen) atoms. The summed E-state index contributed by atoms with van der Waals surface area (Å²) >= 11 is 0. The fourth-order valence-corrected chi connectivity index (χ4v) is 10.5. The van der Waals surface area contributed by atoms with Gasteiger partial charge in [-0.3, -0.25) is 10.6 Å². The van der Waals surface area contributed by atoms with E-state index in [9.17, 15) is 4.79 Å². The van der Waals surface area contributed by atoms with Crippen LogP contribution < -0.4 is 33.6 Å². The van der Waals surface area contributed by atoms with Crippen molar-refractivity contribution in [1.82, 2.24) is 15.5 Å².